The van der Waals surface area contributed by atoms with Crippen LogP contribution < -0.4 is 5.32 Å². The Morgan fingerprint density at radius 1 is 1.26 bits per heavy atom. The summed E-state index contributed by atoms with van der Waals surface area (Å²) in [7, 11) is 0. The van der Waals surface area contributed by atoms with E-state index < -0.39 is 0 Å². The average molecular weight is 276 g/mol. The van der Waals surface area contributed by atoms with Gasteiger partial charge in [0.2, 0.25) is 0 Å². The molecule has 3 heteroatoms. The van der Waals surface area contributed by atoms with Gasteiger partial charge in [0.1, 0.15) is 0 Å². The maximum atomic E-state index is 4.79. The average Bonchev–Trinajstić information content (AvgIpc) is 3.26. The monoisotopic (exact) mass is 276 g/mol. The highest BCUT2D eigenvalue weighted by atomic mass is 32.1. The van der Waals surface area contributed by atoms with Crippen molar-refractivity contribution in [2.45, 2.75) is 58.4 Å². The smallest absolute Gasteiger partial charge is 0.0936 e. The highest BCUT2D eigenvalue weighted by molar-refractivity contribution is 7.11. The zero-order chi connectivity index (χ0) is 13.0. The van der Waals surface area contributed by atoms with Crippen LogP contribution in [0.1, 0.15) is 47.7 Å². The third-order valence-electron chi connectivity index (χ3n) is 5.40. The van der Waals surface area contributed by atoms with Crippen molar-refractivity contribution in [1.29, 1.82) is 0 Å². The van der Waals surface area contributed by atoms with E-state index in [-0.39, 0.29) is 0 Å². The van der Waals surface area contributed by atoms with Gasteiger partial charge in [-0.1, -0.05) is 0 Å². The molecule has 3 fully saturated rings. The highest BCUT2D eigenvalue weighted by Crippen LogP contribution is 2.60. The van der Waals surface area contributed by atoms with Crippen molar-refractivity contribution in [3.05, 3.63) is 15.6 Å². The predicted octanol–water partition coefficient (Wildman–Crippen LogP) is 3.47. The number of aromatic nitrogens is 1. The second-order valence-corrected chi connectivity index (χ2v) is 8.53. The van der Waals surface area contributed by atoms with E-state index in [1.807, 2.05) is 11.3 Å². The molecule has 1 heterocycles. The molecule has 0 aliphatic heterocycles. The predicted molar refractivity (Wildman–Crippen MR) is 79.6 cm³/mol. The topological polar surface area (TPSA) is 24.9 Å². The van der Waals surface area contributed by atoms with Gasteiger partial charge in [0.15, 0.2) is 0 Å². The Balaban J connectivity index is 1.49. The quantitative estimate of drug-likeness (QED) is 0.890. The first kappa shape index (κ1) is 12.3. The Kier molecular flexibility index (Phi) is 2.79. The molecule has 1 N–H and O–H groups in total. The summed E-state index contributed by atoms with van der Waals surface area (Å²) in [6.45, 7) is 5.59. The highest BCUT2D eigenvalue weighted by Gasteiger charge is 2.53. The van der Waals surface area contributed by atoms with Gasteiger partial charge in [0.25, 0.3) is 0 Å². The Bertz CT molecular complexity index is 459. The number of fused-ring (bicyclic) bond motifs is 1. The summed E-state index contributed by atoms with van der Waals surface area (Å²) in [5, 5.41) is 5.18. The zero-order valence-electron chi connectivity index (χ0n) is 12.0. The molecule has 0 radical (unpaired) electrons. The Hall–Kier alpha value is -0.410. The lowest BCUT2D eigenvalue weighted by atomic mass is 9.80. The standard InChI is InChI=1S/C16H24N2S/c1-10-11(2)19-15(18-10)8-16(9-17-14-3-4-14)6-12-5-13(12)7-16/h12-14,17H,3-9H2,1-2H3. The molecular weight excluding hydrogens is 252 g/mol. The van der Waals surface area contributed by atoms with Crippen molar-refractivity contribution < 1.29 is 0 Å². The largest absolute Gasteiger partial charge is 0.313 e. The number of nitrogens with one attached hydrogen (secondary N) is 1. The molecule has 3 aliphatic carbocycles. The van der Waals surface area contributed by atoms with Crippen molar-refractivity contribution in [2.75, 3.05) is 6.54 Å². The van der Waals surface area contributed by atoms with Crippen LogP contribution in [0, 0.1) is 31.1 Å². The van der Waals surface area contributed by atoms with Crippen LogP contribution in [0.3, 0.4) is 0 Å². The van der Waals surface area contributed by atoms with Gasteiger partial charge in [0, 0.05) is 23.9 Å². The molecule has 0 aromatic carbocycles. The molecule has 4 rings (SSSR count). The van der Waals surface area contributed by atoms with Gasteiger partial charge in [-0.2, -0.15) is 0 Å². The number of aryl methyl sites for hydroxylation is 2. The first-order valence-corrected chi connectivity index (χ1v) is 8.61. The molecule has 3 aliphatic rings. The SMILES string of the molecule is Cc1nc(CC2(CNC3CC3)CC3CC3C2)sc1C. The number of hydrogen-bond donors (Lipinski definition) is 1. The summed E-state index contributed by atoms with van der Waals surface area (Å²) >= 11 is 1.93. The summed E-state index contributed by atoms with van der Waals surface area (Å²) in [5.74, 6) is 2.12. The van der Waals surface area contributed by atoms with E-state index >= 15 is 0 Å². The molecule has 104 valence electrons. The molecule has 0 amide bonds. The molecule has 1 aromatic heterocycles. The lowest BCUT2D eigenvalue weighted by molar-refractivity contribution is 0.247. The van der Waals surface area contributed by atoms with E-state index in [0.29, 0.717) is 5.41 Å². The summed E-state index contributed by atoms with van der Waals surface area (Å²) in [6, 6.07) is 0.841. The maximum Gasteiger partial charge on any atom is 0.0936 e. The van der Waals surface area contributed by atoms with Gasteiger partial charge in [0.05, 0.1) is 10.7 Å². The minimum Gasteiger partial charge on any atom is -0.313 e. The van der Waals surface area contributed by atoms with Crippen LogP contribution in [0.25, 0.3) is 0 Å². The summed E-state index contributed by atoms with van der Waals surface area (Å²) < 4.78 is 0. The van der Waals surface area contributed by atoms with Gasteiger partial charge in [-0.05, 0) is 63.2 Å². The summed E-state index contributed by atoms with van der Waals surface area (Å²) in [4.78, 5) is 6.20. The molecule has 1 aromatic rings. The van der Waals surface area contributed by atoms with Crippen molar-refractivity contribution in [1.82, 2.24) is 10.3 Å². The third kappa shape index (κ3) is 2.47. The van der Waals surface area contributed by atoms with Crippen LogP contribution in [0.5, 0.6) is 0 Å². The van der Waals surface area contributed by atoms with E-state index in [2.05, 4.69) is 19.2 Å². The number of rotatable bonds is 5. The van der Waals surface area contributed by atoms with Crippen molar-refractivity contribution in [3.8, 4) is 0 Å². The van der Waals surface area contributed by atoms with Crippen molar-refractivity contribution in [2.24, 2.45) is 17.3 Å². The third-order valence-corrected chi connectivity index (χ3v) is 6.47. The van der Waals surface area contributed by atoms with E-state index in [9.17, 15) is 0 Å². The van der Waals surface area contributed by atoms with E-state index in [0.717, 1.165) is 17.9 Å². The molecule has 2 unspecified atom stereocenters. The number of hydrogen-bond acceptors (Lipinski definition) is 3. The zero-order valence-corrected chi connectivity index (χ0v) is 12.9. The van der Waals surface area contributed by atoms with Gasteiger partial charge < -0.3 is 5.32 Å². The summed E-state index contributed by atoms with van der Waals surface area (Å²) in [5.41, 5.74) is 1.78. The minimum atomic E-state index is 0.535. The summed E-state index contributed by atoms with van der Waals surface area (Å²) in [6.07, 6.45) is 8.45. The molecule has 0 spiro atoms. The van der Waals surface area contributed by atoms with Crippen LogP contribution in [-0.4, -0.2) is 17.6 Å². The molecule has 2 nitrogen and oxygen atoms in total. The molecule has 0 bridgehead atoms. The lowest BCUT2D eigenvalue weighted by Gasteiger charge is -2.30. The second-order valence-electron chi connectivity index (χ2n) is 7.25. The fraction of sp³-hybridized carbons (Fsp3) is 0.812. The molecule has 2 atom stereocenters. The second kappa shape index (κ2) is 4.29. The van der Waals surface area contributed by atoms with Crippen LogP contribution in [-0.2, 0) is 6.42 Å². The Morgan fingerprint density at radius 3 is 2.58 bits per heavy atom. The molecule has 3 saturated carbocycles. The van der Waals surface area contributed by atoms with E-state index in [1.165, 1.54) is 60.6 Å². The maximum absolute atomic E-state index is 4.79. The van der Waals surface area contributed by atoms with Crippen LogP contribution in [0.4, 0.5) is 0 Å². The van der Waals surface area contributed by atoms with Gasteiger partial charge in [-0.25, -0.2) is 4.98 Å². The fourth-order valence-electron chi connectivity index (χ4n) is 3.94. The van der Waals surface area contributed by atoms with Crippen molar-refractivity contribution in [3.63, 3.8) is 0 Å². The van der Waals surface area contributed by atoms with E-state index in [4.69, 9.17) is 4.98 Å². The molecule has 19 heavy (non-hydrogen) atoms. The fourth-order valence-corrected chi connectivity index (χ4v) is 5.05. The number of thiazole rings is 1. The number of nitrogens with zero attached hydrogens (tertiary/aromatic N) is 1. The van der Waals surface area contributed by atoms with Gasteiger partial charge in [-0.3, -0.25) is 0 Å². The van der Waals surface area contributed by atoms with E-state index in [1.54, 1.807) is 0 Å². The minimum absolute atomic E-state index is 0.535. The molecule has 0 saturated heterocycles. The van der Waals surface area contributed by atoms with Gasteiger partial charge in [-0.15, -0.1) is 11.3 Å². The molecular formula is C16H24N2S. The van der Waals surface area contributed by atoms with Gasteiger partial charge >= 0.3 is 0 Å². The Morgan fingerprint density at radius 2 is 2.00 bits per heavy atom. The first-order chi connectivity index (χ1) is 9.13. The van der Waals surface area contributed by atoms with Crippen molar-refractivity contribution >= 4 is 11.3 Å². The van der Waals surface area contributed by atoms with Crippen LogP contribution >= 0.6 is 11.3 Å². The Labute approximate surface area is 120 Å². The first-order valence-electron chi connectivity index (χ1n) is 7.80. The normalized spacial score (nSPS) is 36.5. The van der Waals surface area contributed by atoms with Crippen LogP contribution in [0.15, 0.2) is 0 Å². The van der Waals surface area contributed by atoms with Crippen LogP contribution in [0.2, 0.25) is 0 Å². The lowest BCUT2D eigenvalue weighted by Crippen LogP contribution is -2.36.